The van der Waals surface area contributed by atoms with Gasteiger partial charge in [-0.1, -0.05) is 18.2 Å². The predicted octanol–water partition coefficient (Wildman–Crippen LogP) is 5.45. The Morgan fingerprint density at radius 1 is 0.939 bits per heavy atom. The second kappa shape index (κ2) is 9.17. The van der Waals surface area contributed by atoms with Gasteiger partial charge in [0.25, 0.3) is 0 Å². The van der Waals surface area contributed by atoms with Crippen LogP contribution in [0.4, 0.5) is 5.69 Å². The van der Waals surface area contributed by atoms with Crippen LogP contribution >= 0.6 is 0 Å². The zero-order valence-electron chi connectivity index (χ0n) is 19.2. The molecule has 2 heterocycles. The smallest absolute Gasteiger partial charge is 0.209 e. The number of aromatic nitrogens is 1. The summed E-state index contributed by atoms with van der Waals surface area (Å²) in [7, 11) is 5.56. The van der Waals surface area contributed by atoms with Gasteiger partial charge in [-0.05, 0) is 78.7 Å². The lowest BCUT2D eigenvalue weighted by Crippen LogP contribution is -2.07. The summed E-state index contributed by atoms with van der Waals surface area (Å²) in [5, 5.41) is 0. The topological polar surface area (TPSA) is 51.0 Å². The van der Waals surface area contributed by atoms with Crippen molar-refractivity contribution in [2.45, 2.75) is 6.92 Å². The molecule has 166 valence electrons. The van der Waals surface area contributed by atoms with Crippen molar-refractivity contribution in [1.29, 1.82) is 0 Å². The van der Waals surface area contributed by atoms with Crippen LogP contribution in [0.2, 0.25) is 0 Å². The quantitative estimate of drug-likeness (QED) is 0.284. The number of aryl methyl sites for hydroxylation is 1. The molecule has 0 spiro atoms. The van der Waals surface area contributed by atoms with E-state index in [1.807, 2.05) is 68.5 Å². The predicted molar refractivity (Wildman–Crippen MR) is 133 cm³/mol. The number of rotatable bonds is 7. The minimum Gasteiger partial charge on any atom is -0.497 e. The number of fused-ring (bicyclic) bond motifs is 1. The Morgan fingerprint density at radius 2 is 1.64 bits per heavy atom. The normalized spacial score (nSPS) is 11.2. The zero-order valence-corrected chi connectivity index (χ0v) is 19.2. The fraction of sp³-hybridized carbons (Fsp3) is 0.143. The average molecular weight is 439 g/mol. The molecule has 0 unspecified atom stereocenters. The van der Waals surface area contributed by atoms with E-state index in [1.165, 1.54) is 0 Å². The molecule has 2 aromatic carbocycles. The van der Waals surface area contributed by atoms with Crippen LogP contribution in [0, 0.1) is 6.92 Å². The van der Waals surface area contributed by atoms with Crippen molar-refractivity contribution < 1.29 is 14.3 Å². The first-order chi connectivity index (χ1) is 15.9. The number of benzene rings is 2. The summed E-state index contributed by atoms with van der Waals surface area (Å²) in [5.74, 6) is 0.379. The molecule has 4 rings (SSSR count). The SMILES string of the molecule is COc1ccc(C(=O)c2cc(C(=O)/C=C/c3ccc(N(C)C)cc3)c3cc(C)ccn23)cc1. The maximum atomic E-state index is 13.3. The number of ether oxygens (including phenoxy) is 1. The number of allylic oxidation sites excluding steroid dienone is 1. The van der Waals surface area contributed by atoms with Crippen LogP contribution in [0.3, 0.4) is 0 Å². The van der Waals surface area contributed by atoms with Crippen LogP contribution in [0.15, 0.2) is 79.0 Å². The number of hydrogen-bond donors (Lipinski definition) is 0. The highest BCUT2D eigenvalue weighted by Crippen LogP contribution is 2.23. The molecule has 0 radical (unpaired) electrons. The first kappa shape index (κ1) is 22.1. The molecular weight excluding hydrogens is 412 g/mol. The monoisotopic (exact) mass is 438 g/mol. The van der Waals surface area contributed by atoms with E-state index in [0.29, 0.717) is 28.1 Å². The lowest BCUT2D eigenvalue weighted by molar-refractivity contribution is 0.103. The van der Waals surface area contributed by atoms with Gasteiger partial charge < -0.3 is 14.0 Å². The lowest BCUT2D eigenvalue weighted by Gasteiger charge is -2.11. The van der Waals surface area contributed by atoms with E-state index in [4.69, 9.17) is 4.74 Å². The third-order valence-corrected chi connectivity index (χ3v) is 5.61. The maximum absolute atomic E-state index is 13.3. The van der Waals surface area contributed by atoms with Crippen LogP contribution < -0.4 is 9.64 Å². The van der Waals surface area contributed by atoms with Crippen LogP contribution in [0.5, 0.6) is 5.75 Å². The number of carbonyl (C=O) groups excluding carboxylic acids is 2. The lowest BCUT2D eigenvalue weighted by atomic mass is 10.1. The number of methoxy groups -OCH3 is 1. The molecule has 0 saturated heterocycles. The van der Waals surface area contributed by atoms with Gasteiger partial charge in [0.05, 0.1) is 18.3 Å². The Morgan fingerprint density at radius 3 is 2.27 bits per heavy atom. The standard InChI is InChI=1S/C28H26N2O3/c1-19-15-16-30-25(17-19)24(18-26(30)28(32)21-8-12-23(33-4)13-9-21)27(31)14-7-20-5-10-22(11-6-20)29(2)3/h5-18H,1-4H3/b14-7+. The van der Waals surface area contributed by atoms with E-state index in [0.717, 1.165) is 16.8 Å². The van der Waals surface area contributed by atoms with Gasteiger partial charge in [0.1, 0.15) is 5.75 Å². The van der Waals surface area contributed by atoms with Gasteiger partial charge in [-0.3, -0.25) is 9.59 Å². The Kier molecular flexibility index (Phi) is 6.13. The molecule has 2 aromatic heterocycles. The van der Waals surface area contributed by atoms with Crippen LogP contribution in [0.25, 0.3) is 11.6 Å². The van der Waals surface area contributed by atoms with E-state index in [9.17, 15) is 9.59 Å². The zero-order chi connectivity index (χ0) is 23.5. The molecule has 0 aliphatic heterocycles. The molecule has 0 bridgehead atoms. The number of hydrogen-bond acceptors (Lipinski definition) is 4. The number of carbonyl (C=O) groups is 2. The highest BCUT2D eigenvalue weighted by atomic mass is 16.5. The van der Waals surface area contributed by atoms with Gasteiger partial charge >= 0.3 is 0 Å². The van der Waals surface area contributed by atoms with Crippen LogP contribution in [0.1, 0.15) is 37.5 Å². The van der Waals surface area contributed by atoms with E-state index in [1.54, 1.807) is 54.0 Å². The van der Waals surface area contributed by atoms with E-state index >= 15 is 0 Å². The summed E-state index contributed by atoms with van der Waals surface area (Å²) in [6, 6.07) is 20.5. The Balaban J connectivity index is 1.69. The molecule has 0 atom stereocenters. The average Bonchev–Trinajstić information content (AvgIpc) is 3.21. The molecule has 0 fully saturated rings. The highest BCUT2D eigenvalue weighted by Gasteiger charge is 2.20. The minimum atomic E-state index is -0.154. The molecule has 4 aromatic rings. The van der Waals surface area contributed by atoms with Crippen LogP contribution in [-0.2, 0) is 0 Å². The van der Waals surface area contributed by atoms with Crippen molar-refractivity contribution in [3.8, 4) is 5.75 Å². The number of pyridine rings is 1. The van der Waals surface area contributed by atoms with Crippen molar-refractivity contribution in [2.24, 2.45) is 0 Å². The summed E-state index contributed by atoms with van der Waals surface area (Å²) >= 11 is 0. The van der Waals surface area contributed by atoms with Crippen molar-refractivity contribution in [3.63, 3.8) is 0 Å². The Hall–Kier alpha value is -4.12. The summed E-state index contributed by atoms with van der Waals surface area (Å²) in [6.45, 7) is 1.97. The molecule has 0 aliphatic rings. The van der Waals surface area contributed by atoms with Gasteiger partial charge in [0, 0.05) is 37.1 Å². The van der Waals surface area contributed by atoms with Crippen molar-refractivity contribution in [2.75, 3.05) is 26.1 Å². The Bertz CT molecular complexity index is 1340. The molecular formula is C28H26N2O3. The van der Waals surface area contributed by atoms with E-state index in [-0.39, 0.29) is 11.6 Å². The molecule has 0 N–H and O–H groups in total. The van der Waals surface area contributed by atoms with Gasteiger partial charge in [0.2, 0.25) is 5.78 Å². The number of nitrogens with zero attached hydrogens (tertiary/aromatic N) is 2. The molecule has 33 heavy (non-hydrogen) atoms. The fourth-order valence-corrected chi connectivity index (χ4v) is 3.71. The Labute approximate surface area is 193 Å². The number of anilines is 1. The van der Waals surface area contributed by atoms with Crippen molar-refractivity contribution in [1.82, 2.24) is 4.40 Å². The second-order valence-electron chi connectivity index (χ2n) is 8.14. The van der Waals surface area contributed by atoms with Crippen molar-refractivity contribution >= 4 is 28.8 Å². The molecule has 0 saturated carbocycles. The third-order valence-electron chi connectivity index (χ3n) is 5.61. The van der Waals surface area contributed by atoms with Gasteiger partial charge in [-0.25, -0.2) is 0 Å². The highest BCUT2D eigenvalue weighted by molar-refractivity contribution is 6.15. The van der Waals surface area contributed by atoms with Gasteiger partial charge in [0.15, 0.2) is 5.78 Å². The molecule has 0 aliphatic carbocycles. The largest absolute Gasteiger partial charge is 0.497 e. The summed E-state index contributed by atoms with van der Waals surface area (Å²) in [4.78, 5) is 28.4. The summed E-state index contributed by atoms with van der Waals surface area (Å²) in [6.07, 6.45) is 5.19. The summed E-state index contributed by atoms with van der Waals surface area (Å²) in [5.41, 5.74) is 5.23. The molecule has 0 amide bonds. The van der Waals surface area contributed by atoms with E-state index < -0.39 is 0 Å². The number of ketones is 2. The minimum absolute atomic E-state index is 0.149. The first-order valence-electron chi connectivity index (χ1n) is 10.7. The summed E-state index contributed by atoms with van der Waals surface area (Å²) < 4.78 is 6.97. The molecule has 5 heteroatoms. The maximum Gasteiger partial charge on any atom is 0.209 e. The van der Waals surface area contributed by atoms with Gasteiger partial charge in [-0.15, -0.1) is 0 Å². The van der Waals surface area contributed by atoms with Crippen LogP contribution in [-0.4, -0.2) is 37.2 Å². The second-order valence-corrected chi connectivity index (χ2v) is 8.14. The van der Waals surface area contributed by atoms with E-state index in [2.05, 4.69) is 0 Å². The van der Waals surface area contributed by atoms with Crippen molar-refractivity contribution in [3.05, 3.63) is 107 Å². The molecule has 5 nitrogen and oxygen atoms in total. The van der Waals surface area contributed by atoms with Gasteiger partial charge in [-0.2, -0.15) is 0 Å². The first-order valence-corrected chi connectivity index (χ1v) is 10.7. The fourth-order valence-electron chi connectivity index (χ4n) is 3.71. The third kappa shape index (κ3) is 4.58.